The summed E-state index contributed by atoms with van der Waals surface area (Å²) < 4.78 is 11.2. The third-order valence-corrected chi connectivity index (χ3v) is 0.434. The van der Waals surface area contributed by atoms with Gasteiger partial charge in [0.1, 0.15) is 7.98 Å². The van der Waals surface area contributed by atoms with Gasteiger partial charge in [0.2, 0.25) is 0 Å². The van der Waals surface area contributed by atoms with E-state index >= 15 is 0 Å². The second-order valence-corrected chi connectivity index (χ2v) is 0.821. The Morgan fingerprint density at radius 2 is 3.20 bits per heavy atom. The van der Waals surface area contributed by atoms with Gasteiger partial charge in [0.25, 0.3) is 0 Å². The first kappa shape index (κ1) is 1.80. The van der Waals surface area contributed by atoms with E-state index in [0.29, 0.717) is 13.2 Å². The molecule has 0 aliphatic carbocycles. The Balaban J connectivity index is 2.45. The molecular weight excluding hydrogens is 66.0 g/mol. The van der Waals surface area contributed by atoms with Crippen molar-refractivity contribution >= 4 is 6.38 Å². The summed E-state index contributed by atoms with van der Waals surface area (Å²) in [7, 11) is 0. The highest BCUT2D eigenvalue weighted by Crippen LogP contribution is 1.78. The maximum absolute atomic E-state index is 6.66. The third kappa shape index (κ3) is 0.375. The number of hydrogen-bond acceptors (Lipinski definition) is 2. The molecule has 2 heteroatoms. The highest BCUT2D eigenvalue weighted by Gasteiger charge is 1.84. The zero-order valence-electron chi connectivity index (χ0n) is 3.77. The van der Waals surface area contributed by atoms with E-state index in [2.05, 4.69) is 9.73 Å². The molecule has 0 N–H and O–H groups in total. The maximum atomic E-state index is 6.66. The zero-order valence-corrected chi connectivity index (χ0v) is 2.77. The van der Waals surface area contributed by atoms with Crippen LogP contribution in [0.25, 0.3) is 0 Å². The third-order valence-electron chi connectivity index (χ3n) is 0.434. The van der Waals surface area contributed by atoms with Crippen molar-refractivity contribution in [3.63, 3.8) is 0 Å². The second kappa shape index (κ2) is 1.06. The zero-order chi connectivity index (χ0) is 4.41. The van der Waals surface area contributed by atoms with Crippen molar-refractivity contribution in [3.8, 4) is 0 Å². The molecule has 1 aliphatic rings. The van der Waals surface area contributed by atoms with Crippen LogP contribution in [0.4, 0.5) is 0 Å². The van der Waals surface area contributed by atoms with E-state index in [0.717, 1.165) is 0 Å². The van der Waals surface area contributed by atoms with Crippen molar-refractivity contribution in [2.75, 3.05) is 13.2 Å². The molecule has 1 heterocycles. The fourth-order valence-corrected chi connectivity index (χ4v) is 0.228. The number of ether oxygens (including phenoxy) is 1. The minimum atomic E-state index is 0.0787. The molecular formula is C3H5NO. The Morgan fingerprint density at radius 3 is 3.40 bits per heavy atom. The first-order chi connectivity index (χ1) is 2.89. The Labute approximate surface area is 31.9 Å². The van der Waals surface area contributed by atoms with Crippen LogP contribution < -0.4 is 0 Å². The molecule has 0 aromatic rings. The van der Waals surface area contributed by atoms with Crippen LogP contribution in [0.2, 0.25) is 0 Å². The van der Waals surface area contributed by atoms with Crippen LogP contribution in [0.1, 0.15) is 1.37 Å². The molecule has 0 unspecified atom stereocenters. The lowest BCUT2D eigenvalue weighted by molar-refractivity contribution is 0.361. The highest BCUT2D eigenvalue weighted by molar-refractivity contribution is 5.47. The molecule has 0 spiro atoms. The summed E-state index contributed by atoms with van der Waals surface area (Å²) in [6, 6.07) is 0. The maximum Gasteiger partial charge on any atom is 0.169 e. The minimum Gasteiger partial charge on any atom is -0.482 e. The van der Waals surface area contributed by atoms with E-state index in [-0.39, 0.29) is 6.38 Å². The van der Waals surface area contributed by atoms with Gasteiger partial charge in [-0.25, -0.2) is 0 Å². The van der Waals surface area contributed by atoms with Crippen LogP contribution in [0.15, 0.2) is 4.99 Å². The topological polar surface area (TPSA) is 21.6 Å². The molecule has 5 heavy (non-hydrogen) atoms. The SMILES string of the molecule is [3H]C1=NCCO1. The molecule has 0 radical (unpaired) electrons. The van der Waals surface area contributed by atoms with Crippen molar-refractivity contribution < 1.29 is 6.11 Å². The van der Waals surface area contributed by atoms with Crippen LogP contribution in [0.3, 0.4) is 0 Å². The summed E-state index contributed by atoms with van der Waals surface area (Å²) in [5, 5.41) is 0. The molecule has 0 saturated carbocycles. The van der Waals surface area contributed by atoms with Gasteiger partial charge in [-0.15, -0.1) is 0 Å². The van der Waals surface area contributed by atoms with Crippen molar-refractivity contribution in [2.24, 2.45) is 4.99 Å². The van der Waals surface area contributed by atoms with Gasteiger partial charge in [-0.1, -0.05) is 0 Å². The van der Waals surface area contributed by atoms with E-state index in [1.165, 1.54) is 0 Å². The molecule has 28 valence electrons. The largest absolute Gasteiger partial charge is 0.482 e. The van der Waals surface area contributed by atoms with Gasteiger partial charge in [-0.05, 0) is 0 Å². The van der Waals surface area contributed by atoms with Gasteiger partial charge < -0.3 is 4.74 Å². The van der Waals surface area contributed by atoms with E-state index in [4.69, 9.17) is 1.37 Å². The number of aliphatic imine (C=N–C) groups is 1. The van der Waals surface area contributed by atoms with Crippen molar-refractivity contribution in [1.29, 1.82) is 0 Å². The predicted molar refractivity (Wildman–Crippen MR) is 19.3 cm³/mol. The Kier molecular flexibility index (Phi) is 0.381. The van der Waals surface area contributed by atoms with Crippen molar-refractivity contribution in [1.82, 2.24) is 0 Å². The van der Waals surface area contributed by atoms with E-state index < -0.39 is 0 Å². The van der Waals surface area contributed by atoms with Gasteiger partial charge in [0, 0.05) is 0 Å². The molecule has 1 aliphatic heterocycles. The number of nitrogens with zero attached hydrogens (tertiary/aromatic N) is 1. The number of hydrogen-bond donors (Lipinski definition) is 0. The minimum absolute atomic E-state index is 0.0787. The number of rotatable bonds is 0. The summed E-state index contributed by atoms with van der Waals surface area (Å²) in [4.78, 5) is 3.60. The Bertz CT molecular complexity index is 80.9. The van der Waals surface area contributed by atoms with Crippen LogP contribution in [-0.2, 0) is 4.74 Å². The summed E-state index contributed by atoms with van der Waals surface area (Å²) in [6.07, 6.45) is 0.0787. The molecule has 1 rings (SSSR count). The van der Waals surface area contributed by atoms with Gasteiger partial charge in [-0.2, -0.15) is 0 Å². The summed E-state index contributed by atoms with van der Waals surface area (Å²) >= 11 is 0. The fraction of sp³-hybridized carbons (Fsp3) is 0.667. The van der Waals surface area contributed by atoms with E-state index in [1.807, 2.05) is 0 Å². The first-order valence-electron chi connectivity index (χ1n) is 2.03. The summed E-state index contributed by atoms with van der Waals surface area (Å²) in [5.41, 5.74) is 0. The van der Waals surface area contributed by atoms with Gasteiger partial charge in [0.15, 0.2) is 6.38 Å². The summed E-state index contributed by atoms with van der Waals surface area (Å²) in [6.45, 7) is 1.26. The fourth-order valence-electron chi connectivity index (χ4n) is 0.228. The Hall–Kier alpha value is -0.530. The predicted octanol–water partition coefficient (Wildman–Crippen LogP) is 0.0449. The van der Waals surface area contributed by atoms with Crippen molar-refractivity contribution in [2.45, 2.75) is 0 Å². The standard InChI is InChI=1S/C3H5NO/c1-2-5-3-4-1/h3H,1-2H2/i3T. The lowest BCUT2D eigenvalue weighted by Crippen LogP contribution is -1.80. The van der Waals surface area contributed by atoms with Crippen LogP contribution in [-0.4, -0.2) is 19.5 Å². The second-order valence-electron chi connectivity index (χ2n) is 0.821. The molecule has 0 aromatic heterocycles. The van der Waals surface area contributed by atoms with Crippen LogP contribution in [0, 0.1) is 0 Å². The molecule has 0 amide bonds. The lowest BCUT2D eigenvalue weighted by Gasteiger charge is -1.76. The molecule has 0 fully saturated rings. The Morgan fingerprint density at radius 1 is 2.20 bits per heavy atom. The molecule has 0 aromatic carbocycles. The molecule has 0 bridgehead atoms. The average Bonchev–Trinajstić information content (AvgIpc) is 1.86. The highest BCUT2D eigenvalue weighted by atomic mass is 16.5. The lowest BCUT2D eigenvalue weighted by atomic mass is 10.8. The van der Waals surface area contributed by atoms with E-state index in [9.17, 15) is 0 Å². The first-order valence-corrected chi connectivity index (χ1v) is 1.53. The molecule has 0 saturated heterocycles. The normalized spacial score (nSPS) is 24.0. The average molecular weight is 73.1 g/mol. The summed E-state index contributed by atoms with van der Waals surface area (Å²) in [5.74, 6) is 0. The van der Waals surface area contributed by atoms with Gasteiger partial charge in [-0.3, -0.25) is 4.99 Å². The van der Waals surface area contributed by atoms with Crippen molar-refractivity contribution in [3.05, 3.63) is 0 Å². The quantitative estimate of drug-likeness (QED) is 0.397. The molecule has 2 nitrogen and oxygen atoms in total. The van der Waals surface area contributed by atoms with E-state index in [1.54, 1.807) is 0 Å². The molecule has 0 atom stereocenters. The monoisotopic (exact) mass is 73.0 g/mol. The van der Waals surface area contributed by atoms with Gasteiger partial charge in [0.05, 0.1) is 6.54 Å². The van der Waals surface area contributed by atoms with Crippen LogP contribution >= 0.6 is 0 Å². The van der Waals surface area contributed by atoms with Crippen LogP contribution in [0.5, 0.6) is 0 Å². The van der Waals surface area contributed by atoms with Gasteiger partial charge >= 0.3 is 0 Å². The smallest absolute Gasteiger partial charge is 0.169 e.